The van der Waals surface area contributed by atoms with Crippen LogP contribution in [0.25, 0.3) is 6.08 Å². The van der Waals surface area contributed by atoms with Crippen LogP contribution in [0.5, 0.6) is 17.2 Å². The number of nitrogens with zero attached hydrogens (tertiary/aromatic N) is 2. The van der Waals surface area contributed by atoms with Gasteiger partial charge in [-0.2, -0.15) is 0 Å². The van der Waals surface area contributed by atoms with Crippen molar-refractivity contribution in [3.05, 3.63) is 119 Å². The zero-order chi connectivity index (χ0) is 33.1. The van der Waals surface area contributed by atoms with Gasteiger partial charge in [-0.05, 0) is 79.9 Å². The van der Waals surface area contributed by atoms with E-state index in [0.717, 1.165) is 0 Å². The molecule has 1 N–H and O–H groups in total. The van der Waals surface area contributed by atoms with Gasteiger partial charge < -0.3 is 24.1 Å². The molecule has 5 rings (SSSR count). The highest BCUT2D eigenvalue weighted by molar-refractivity contribution is 7.07. The lowest BCUT2D eigenvalue weighted by molar-refractivity contribution is -0.143. The standard InChI is InChI=1S/C34H31ClN2O8S/c1-18(2)45-33(41)28-19(3)36-34-37(29(28)22-9-11-24(42-4)12-10-22)31(38)27(46-34)16-21-14-25(35)30(26(15-21)43-5)44-17-20-7-6-8-23(13-20)32(39)40/h6-16,18,29H,17H2,1-5H3,(H,39,40)/b27-16+/t29-/m1/s1. The van der Waals surface area contributed by atoms with E-state index in [9.17, 15) is 19.5 Å². The zero-order valence-electron chi connectivity index (χ0n) is 25.7. The maximum absolute atomic E-state index is 14.0. The van der Waals surface area contributed by atoms with Crippen LogP contribution < -0.4 is 29.1 Å². The largest absolute Gasteiger partial charge is 0.497 e. The molecular formula is C34H31ClN2O8S. The third kappa shape index (κ3) is 6.70. The van der Waals surface area contributed by atoms with E-state index in [1.807, 2.05) is 12.1 Å². The van der Waals surface area contributed by atoms with Crippen LogP contribution in [0, 0.1) is 0 Å². The minimum absolute atomic E-state index is 0.0570. The average molecular weight is 663 g/mol. The van der Waals surface area contributed by atoms with Crippen LogP contribution in [0.15, 0.2) is 81.7 Å². The van der Waals surface area contributed by atoms with Crippen molar-refractivity contribution < 1.29 is 33.6 Å². The van der Waals surface area contributed by atoms with Crippen molar-refractivity contribution >= 4 is 41.0 Å². The van der Waals surface area contributed by atoms with Gasteiger partial charge in [0.25, 0.3) is 5.56 Å². The molecule has 2 heterocycles. The summed E-state index contributed by atoms with van der Waals surface area (Å²) in [5.74, 6) is -0.355. The Balaban J connectivity index is 1.55. The van der Waals surface area contributed by atoms with E-state index in [2.05, 4.69) is 4.99 Å². The Hall–Kier alpha value is -4.87. The van der Waals surface area contributed by atoms with Crippen LogP contribution in [-0.2, 0) is 16.1 Å². The first-order valence-electron chi connectivity index (χ1n) is 14.2. The van der Waals surface area contributed by atoms with Crippen molar-refractivity contribution in [3.63, 3.8) is 0 Å². The number of carboxylic acid groups (broad SMARTS) is 1. The van der Waals surface area contributed by atoms with Crippen LogP contribution in [-0.4, -0.2) is 41.9 Å². The van der Waals surface area contributed by atoms with Crippen LogP contribution in [0.4, 0.5) is 0 Å². The number of fused-ring (bicyclic) bond motifs is 1. The van der Waals surface area contributed by atoms with E-state index >= 15 is 0 Å². The third-order valence-corrected chi connectivity index (χ3v) is 8.39. The molecular weight excluding hydrogens is 632 g/mol. The van der Waals surface area contributed by atoms with E-state index in [4.69, 9.17) is 30.5 Å². The van der Waals surface area contributed by atoms with Gasteiger partial charge in [0.1, 0.15) is 12.4 Å². The molecule has 0 saturated heterocycles. The first-order valence-corrected chi connectivity index (χ1v) is 15.4. The van der Waals surface area contributed by atoms with Gasteiger partial charge in [0.05, 0.1) is 52.8 Å². The van der Waals surface area contributed by atoms with Gasteiger partial charge in [-0.15, -0.1) is 0 Å². The van der Waals surface area contributed by atoms with Crippen molar-refractivity contribution in [1.29, 1.82) is 0 Å². The number of halogens is 1. The lowest BCUT2D eigenvalue weighted by atomic mass is 9.96. The Morgan fingerprint density at radius 3 is 2.48 bits per heavy atom. The Kier molecular flexibility index (Phi) is 9.64. The van der Waals surface area contributed by atoms with Gasteiger partial charge in [-0.1, -0.05) is 47.2 Å². The van der Waals surface area contributed by atoms with E-state index < -0.39 is 18.0 Å². The second-order valence-corrected chi connectivity index (χ2v) is 12.1. The Morgan fingerprint density at radius 2 is 1.83 bits per heavy atom. The molecule has 1 atom stereocenters. The van der Waals surface area contributed by atoms with E-state index in [-0.39, 0.29) is 40.2 Å². The number of allylic oxidation sites excluding steroid dienone is 1. The van der Waals surface area contributed by atoms with Crippen molar-refractivity contribution in [2.45, 2.75) is 39.5 Å². The molecule has 0 bridgehead atoms. The average Bonchev–Trinajstić information content (AvgIpc) is 3.32. The number of thiazole rings is 1. The summed E-state index contributed by atoms with van der Waals surface area (Å²) in [6, 6.07) is 16.1. The summed E-state index contributed by atoms with van der Waals surface area (Å²) in [5.41, 5.74) is 2.44. The van der Waals surface area contributed by atoms with Gasteiger partial charge in [0.15, 0.2) is 16.3 Å². The van der Waals surface area contributed by atoms with Crippen LogP contribution in [0.1, 0.15) is 53.9 Å². The normalized spacial score (nSPS) is 14.5. The highest BCUT2D eigenvalue weighted by atomic mass is 35.5. The number of methoxy groups -OCH3 is 2. The quantitative estimate of drug-likeness (QED) is 0.232. The predicted molar refractivity (Wildman–Crippen MR) is 174 cm³/mol. The molecule has 46 heavy (non-hydrogen) atoms. The summed E-state index contributed by atoms with van der Waals surface area (Å²) in [7, 11) is 3.03. The van der Waals surface area contributed by atoms with Crippen molar-refractivity contribution in [2.75, 3.05) is 14.2 Å². The molecule has 3 aromatic carbocycles. The highest BCUT2D eigenvalue weighted by Gasteiger charge is 2.34. The number of benzene rings is 3. The number of carbonyl (C=O) groups excluding carboxylic acids is 1. The fourth-order valence-electron chi connectivity index (χ4n) is 5.03. The summed E-state index contributed by atoms with van der Waals surface area (Å²) in [4.78, 5) is 43.7. The Morgan fingerprint density at radius 1 is 1.09 bits per heavy atom. The second kappa shape index (κ2) is 13.6. The fraction of sp³-hybridized carbons (Fsp3) is 0.235. The second-order valence-electron chi connectivity index (χ2n) is 10.6. The van der Waals surface area contributed by atoms with E-state index in [1.54, 1.807) is 70.4 Å². The summed E-state index contributed by atoms with van der Waals surface area (Å²) in [6.07, 6.45) is 1.31. The predicted octanol–water partition coefficient (Wildman–Crippen LogP) is 5.13. The number of hydrogen-bond acceptors (Lipinski definition) is 9. The first kappa shape index (κ1) is 32.5. The minimum atomic E-state index is -1.04. The molecule has 1 aliphatic heterocycles. The zero-order valence-corrected chi connectivity index (χ0v) is 27.3. The smallest absolute Gasteiger partial charge is 0.338 e. The number of carboxylic acids is 1. The fourth-order valence-corrected chi connectivity index (χ4v) is 6.35. The SMILES string of the molecule is COc1ccc([C@@H]2C(C(=O)OC(C)C)=C(C)N=c3s/c(=C/c4cc(Cl)c(OCc5cccc(C(=O)O)c5)c(OC)c4)c(=O)n32)cc1. The number of aromatic nitrogens is 1. The van der Waals surface area contributed by atoms with Crippen molar-refractivity contribution in [1.82, 2.24) is 4.57 Å². The van der Waals surface area contributed by atoms with Crippen LogP contribution >= 0.6 is 22.9 Å². The summed E-state index contributed by atoms with van der Waals surface area (Å²) in [5, 5.41) is 9.51. The summed E-state index contributed by atoms with van der Waals surface area (Å²) < 4.78 is 24.2. The molecule has 10 nitrogen and oxygen atoms in total. The Labute approximate surface area is 273 Å². The lowest BCUT2D eigenvalue weighted by Crippen LogP contribution is -2.40. The molecule has 12 heteroatoms. The first-order chi connectivity index (χ1) is 22.0. The van der Waals surface area contributed by atoms with Gasteiger partial charge in [0, 0.05) is 0 Å². The Bertz CT molecular complexity index is 2030. The molecule has 0 saturated carbocycles. The number of aromatic carboxylic acids is 1. The topological polar surface area (TPSA) is 126 Å². The highest BCUT2D eigenvalue weighted by Crippen LogP contribution is 2.37. The van der Waals surface area contributed by atoms with E-state index in [0.29, 0.717) is 43.2 Å². The third-order valence-electron chi connectivity index (χ3n) is 7.12. The molecule has 0 amide bonds. The van der Waals surface area contributed by atoms with Crippen LogP contribution in [0.2, 0.25) is 5.02 Å². The van der Waals surface area contributed by atoms with Gasteiger partial charge in [-0.3, -0.25) is 9.36 Å². The number of rotatable bonds is 10. The summed E-state index contributed by atoms with van der Waals surface area (Å²) in [6.45, 7) is 5.31. The lowest BCUT2D eigenvalue weighted by Gasteiger charge is -2.25. The maximum atomic E-state index is 14.0. The molecule has 0 spiro atoms. The molecule has 238 valence electrons. The molecule has 1 aromatic heterocycles. The number of esters is 1. The molecule has 0 unspecified atom stereocenters. The minimum Gasteiger partial charge on any atom is -0.497 e. The van der Waals surface area contributed by atoms with Crippen molar-refractivity contribution in [3.8, 4) is 17.2 Å². The molecule has 0 fully saturated rings. The van der Waals surface area contributed by atoms with E-state index in [1.165, 1.54) is 35.1 Å². The monoisotopic (exact) mass is 662 g/mol. The van der Waals surface area contributed by atoms with Gasteiger partial charge in [-0.25, -0.2) is 14.6 Å². The maximum Gasteiger partial charge on any atom is 0.338 e. The number of carbonyl (C=O) groups is 2. The molecule has 0 radical (unpaired) electrons. The summed E-state index contributed by atoms with van der Waals surface area (Å²) >= 11 is 7.81. The number of ether oxygens (including phenoxy) is 4. The van der Waals surface area contributed by atoms with Crippen molar-refractivity contribution in [2.24, 2.45) is 4.99 Å². The van der Waals surface area contributed by atoms with Crippen LogP contribution in [0.3, 0.4) is 0 Å². The number of hydrogen-bond donors (Lipinski definition) is 1. The molecule has 4 aromatic rings. The van der Waals surface area contributed by atoms with Gasteiger partial charge in [0.2, 0.25) is 0 Å². The molecule has 0 aliphatic carbocycles. The van der Waals surface area contributed by atoms with Gasteiger partial charge >= 0.3 is 11.9 Å². The molecule has 1 aliphatic rings.